The number of hydrogen-bond acceptors (Lipinski definition) is 2. The van der Waals surface area contributed by atoms with Crippen molar-refractivity contribution in [2.75, 3.05) is 0 Å². The Morgan fingerprint density at radius 1 is 1.33 bits per heavy atom. The van der Waals surface area contributed by atoms with Crippen LogP contribution in [0.1, 0.15) is 25.0 Å². The minimum Gasteiger partial charge on any atom is -0.343 e. The molecule has 0 saturated heterocycles. The van der Waals surface area contributed by atoms with Gasteiger partial charge in [0.1, 0.15) is 0 Å². The third-order valence-electron chi connectivity index (χ3n) is 2.95. The first-order valence-electron chi connectivity index (χ1n) is 5.79. The topological polar surface area (TPSA) is 42.0 Å². The number of pyridine rings is 1. The Morgan fingerprint density at radius 2 is 2.11 bits per heavy atom. The fourth-order valence-corrected chi connectivity index (χ4v) is 2.03. The summed E-state index contributed by atoms with van der Waals surface area (Å²) in [7, 11) is 0. The fourth-order valence-electron chi connectivity index (χ4n) is 2.03. The quantitative estimate of drug-likeness (QED) is 0.892. The van der Waals surface area contributed by atoms with Crippen LogP contribution in [0.3, 0.4) is 0 Å². The molecule has 2 rings (SSSR count). The van der Waals surface area contributed by atoms with Gasteiger partial charge >= 0.3 is 0 Å². The third-order valence-corrected chi connectivity index (χ3v) is 2.95. The van der Waals surface area contributed by atoms with Gasteiger partial charge in [-0.3, -0.25) is 9.78 Å². The van der Waals surface area contributed by atoms with E-state index < -0.39 is 5.54 Å². The van der Waals surface area contributed by atoms with Crippen molar-refractivity contribution in [1.82, 2.24) is 10.3 Å². The van der Waals surface area contributed by atoms with Crippen LogP contribution in [0.4, 0.5) is 0 Å². The standard InChI is InChI=1S/C15H15N2O/c1-12(18)17-15(2,13-7-4-3-5-8-13)14-9-6-10-16-11-14/h3-4,6-11H,1-2H3,(H,17,18). The molecular formula is C15H15N2O. The molecule has 1 aromatic heterocycles. The van der Waals surface area contributed by atoms with Crippen molar-refractivity contribution < 1.29 is 4.79 Å². The maximum Gasteiger partial charge on any atom is 0.217 e. The van der Waals surface area contributed by atoms with Crippen molar-refractivity contribution in [2.45, 2.75) is 19.4 Å². The number of benzene rings is 1. The van der Waals surface area contributed by atoms with Crippen LogP contribution in [0.15, 0.2) is 48.8 Å². The van der Waals surface area contributed by atoms with Crippen molar-refractivity contribution in [3.05, 3.63) is 66.0 Å². The first-order valence-corrected chi connectivity index (χ1v) is 5.79. The van der Waals surface area contributed by atoms with Gasteiger partial charge in [0.05, 0.1) is 5.54 Å². The highest BCUT2D eigenvalue weighted by molar-refractivity contribution is 5.75. The first-order chi connectivity index (χ1) is 8.63. The monoisotopic (exact) mass is 239 g/mol. The molecule has 0 saturated carbocycles. The van der Waals surface area contributed by atoms with Crippen LogP contribution >= 0.6 is 0 Å². The average Bonchev–Trinajstić information content (AvgIpc) is 2.40. The van der Waals surface area contributed by atoms with Gasteiger partial charge in [0.2, 0.25) is 5.91 Å². The van der Waals surface area contributed by atoms with Gasteiger partial charge in [-0.25, -0.2) is 0 Å². The molecule has 91 valence electrons. The second-order valence-electron chi connectivity index (χ2n) is 4.34. The smallest absolute Gasteiger partial charge is 0.217 e. The zero-order valence-electron chi connectivity index (χ0n) is 10.5. The maximum absolute atomic E-state index is 11.5. The molecule has 0 aliphatic heterocycles. The predicted molar refractivity (Wildman–Crippen MR) is 69.8 cm³/mol. The maximum atomic E-state index is 11.5. The molecule has 1 heterocycles. The predicted octanol–water partition coefficient (Wildman–Crippen LogP) is 2.28. The highest BCUT2D eigenvalue weighted by atomic mass is 16.1. The summed E-state index contributed by atoms with van der Waals surface area (Å²) in [5.74, 6) is -0.0785. The van der Waals surface area contributed by atoms with E-state index in [1.54, 1.807) is 12.4 Å². The Hall–Kier alpha value is -2.16. The second-order valence-corrected chi connectivity index (χ2v) is 4.34. The van der Waals surface area contributed by atoms with Crippen molar-refractivity contribution in [1.29, 1.82) is 0 Å². The summed E-state index contributed by atoms with van der Waals surface area (Å²) in [4.78, 5) is 15.6. The minimum absolute atomic E-state index is 0.0785. The number of carbonyl (C=O) groups is 1. The highest BCUT2D eigenvalue weighted by Crippen LogP contribution is 2.28. The number of nitrogens with one attached hydrogen (secondary N) is 1. The normalized spacial score (nSPS) is 13.7. The zero-order chi connectivity index (χ0) is 13.0. The Balaban J connectivity index is 2.51. The zero-order valence-corrected chi connectivity index (χ0v) is 10.5. The van der Waals surface area contributed by atoms with Crippen LogP contribution in [0.5, 0.6) is 0 Å². The summed E-state index contributed by atoms with van der Waals surface area (Å²) in [6.45, 7) is 3.48. The van der Waals surface area contributed by atoms with Crippen LogP contribution in [-0.4, -0.2) is 10.9 Å². The molecule has 0 aliphatic rings. The lowest BCUT2D eigenvalue weighted by atomic mass is 9.85. The number of amides is 1. The molecule has 0 aliphatic carbocycles. The van der Waals surface area contributed by atoms with Crippen LogP contribution < -0.4 is 5.32 Å². The second kappa shape index (κ2) is 5.00. The van der Waals surface area contributed by atoms with E-state index in [1.165, 1.54) is 6.92 Å². The van der Waals surface area contributed by atoms with Gasteiger partial charge in [-0.15, -0.1) is 0 Å². The molecule has 3 heteroatoms. The fraction of sp³-hybridized carbons (Fsp3) is 0.200. The van der Waals surface area contributed by atoms with E-state index in [-0.39, 0.29) is 5.91 Å². The lowest BCUT2D eigenvalue weighted by Gasteiger charge is -2.31. The molecule has 1 radical (unpaired) electrons. The van der Waals surface area contributed by atoms with Crippen molar-refractivity contribution in [3.63, 3.8) is 0 Å². The third kappa shape index (κ3) is 2.40. The van der Waals surface area contributed by atoms with Gasteiger partial charge in [-0.05, 0) is 30.7 Å². The van der Waals surface area contributed by atoms with Gasteiger partial charge in [-0.1, -0.05) is 24.3 Å². The van der Waals surface area contributed by atoms with Gasteiger partial charge < -0.3 is 5.32 Å². The van der Waals surface area contributed by atoms with Crippen LogP contribution in [0.2, 0.25) is 0 Å². The van der Waals surface area contributed by atoms with E-state index in [4.69, 9.17) is 0 Å². The summed E-state index contributed by atoms with van der Waals surface area (Å²) in [6, 6.07) is 14.4. The number of aromatic nitrogens is 1. The van der Waals surface area contributed by atoms with Gasteiger partial charge in [-0.2, -0.15) is 0 Å². The molecule has 3 nitrogen and oxygen atoms in total. The number of carbonyl (C=O) groups excluding carboxylic acids is 1. The SMILES string of the molecule is CC(=O)NC(C)(c1c[c]ccc1)c1cccnc1. The average molecular weight is 239 g/mol. The number of rotatable bonds is 3. The number of nitrogens with zero attached hydrogens (tertiary/aromatic N) is 1. The van der Waals surface area contributed by atoms with E-state index in [0.717, 1.165) is 11.1 Å². The molecule has 18 heavy (non-hydrogen) atoms. The molecule has 1 N–H and O–H groups in total. The van der Waals surface area contributed by atoms with Crippen molar-refractivity contribution >= 4 is 5.91 Å². The Bertz CT molecular complexity index is 483. The summed E-state index contributed by atoms with van der Waals surface area (Å²) in [5, 5.41) is 2.99. The van der Waals surface area contributed by atoms with Gasteiger partial charge in [0, 0.05) is 24.9 Å². The highest BCUT2D eigenvalue weighted by Gasteiger charge is 2.29. The molecule has 2 aromatic rings. The lowest BCUT2D eigenvalue weighted by molar-refractivity contribution is -0.120. The summed E-state index contributed by atoms with van der Waals surface area (Å²) in [6.07, 6.45) is 3.48. The molecule has 1 aromatic carbocycles. The minimum atomic E-state index is -0.585. The van der Waals surface area contributed by atoms with E-state index >= 15 is 0 Å². The Morgan fingerprint density at radius 3 is 2.67 bits per heavy atom. The Labute approximate surface area is 107 Å². The molecule has 0 fully saturated rings. The summed E-state index contributed by atoms with van der Waals surface area (Å²) in [5.41, 5.74) is 1.34. The van der Waals surface area contributed by atoms with Gasteiger partial charge in [0.25, 0.3) is 0 Å². The van der Waals surface area contributed by atoms with Crippen LogP contribution in [-0.2, 0) is 10.3 Å². The summed E-state index contributed by atoms with van der Waals surface area (Å²) >= 11 is 0. The number of hydrogen-bond donors (Lipinski definition) is 1. The van der Waals surface area contributed by atoms with E-state index in [0.29, 0.717) is 0 Å². The van der Waals surface area contributed by atoms with Crippen LogP contribution in [0, 0.1) is 6.07 Å². The Kier molecular flexibility index (Phi) is 3.42. The largest absolute Gasteiger partial charge is 0.343 e. The van der Waals surface area contributed by atoms with Crippen molar-refractivity contribution in [2.24, 2.45) is 0 Å². The summed E-state index contributed by atoms with van der Waals surface area (Å²) < 4.78 is 0. The van der Waals surface area contributed by atoms with E-state index in [1.807, 2.05) is 43.3 Å². The molecule has 0 bridgehead atoms. The molecule has 1 unspecified atom stereocenters. The molecular weight excluding hydrogens is 224 g/mol. The van der Waals surface area contributed by atoms with Gasteiger partial charge in [0.15, 0.2) is 0 Å². The molecule has 0 spiro atoms. The van der Waals surface area contributed by atoms with Crippen molar-refractivity contribution in [3.8, 4) is 0 Å². The van der Waals surface area contributed by atoms with E-state index in [2.05, 4.69) is 16.4 Å². The molecule has 1 atom stereocenters. The molecule has 1 amide bonds. The lowest BCUT2D eigenvalue weighted by Crippen LogP contribution is -2.43. The van der Waals surface area contributed by atoms with Crippen LogP contribution in [0.25, 0.3) is 0 Å². The van der Waals surface area contributed by atoms with E-state index in [9.17, 15) is 4.79 Å². The first kappa shape index (κ1) is 12.3.